The average molecular weight is 379 g/mol. The second kappa shape index (κ2) is 8.24. The first-order valence-electron chi connectivity index (χ1n) is 8.72. The van der Waals surface area contributed by atoms with E-state index in [1.807, 2.05) is 0 Å². The Kier molecular flexibility index (Phi) is 6.24. The van der Waals surface area contributed by atoms with Gasteiger partial charge < -0.3 is 19.7 Å². The highest BCUT2D eigenvalue weighted by atomic mass is 16.6. The Bertz CT molecular complexity index is 728. The van der Waals surface area contributed by atoms with Crippen LogP contribution >= 0.6 is 0 Å². The van der Waals surface area contributed by atoms with Gasteiger partial charge in [-0.3, -0.25) is 10.1 Å². The van der Waals surface area contributed by atoms with Gasteiger partial charge in [-0.05, 0) is 39.7 Å². The number of hydrogen-bond acceptors (Lipinski definition) is 7. The second-order valence-corrected chi connectivity index (χ2v) is 7.39. The number of non-ortho nitro benzene ring substituents is 1. The summed E-state index contributed by atoms with van der Waals surface area (Å²) in [7, 11) is 1.25. The summed E-state index contributed by atoms with van der Waals surface area (Å²) in [5, 5.41) is 14.2. The molecule has 1 N–H and O–H groups in total. The molecule has 1 saturated heterocycles. The van der Waals surface area contributed by atoms with Crippen LogP contribution in [0, 0.1) is 10.1 Å². The van der Waals surface area contributed by atoms with Crippen molar-refractivity contribution in [1.29, 1.82) is 0 Å². The molecule has 9 nitrogen and oxygen atoms in total. The second-order valence-electron chi connectivity index (χ2n) is 7.39. The normalized spacial score (nSPS) is 17.2. The van der Waals surface area contributed by atoms with Crippen molar-refractivity contribution in [2.45, 2.75) is 45.3 Å². The molecule has 0 aliphatic carbocycles. The molecule has 1 aromatic rings. The number of amides is 1. The number of carbonyl (C=O) groups is 2. The Morgan fingerprint density at radius 3 is 2.63 bits per heavy atom. The van der Waals surface area contributed by atoms with Gasteiger partial charge in [-0.2, -0.15) is 0 Å². The number of methoxy groups -OCH3 is 1. The lowest BCUT2D eigenvalue weighted by molar-refractivity contribution is -0.384. The van der Waals surface area contributed by atoms with Gasteiger partial charge in [-0.15, -0.1) is 0 Å². The van der Waals surface area contributed by atoms with Gasteiger partial charge in [-0.1, -0.05) is 0 Å². The molecule has 1 aliphatic heterocycles. The third-order valence-corrected chi connectivity index (χ3v) is 4.05. The maximum absolute atomic E-state index is 12.3. The highest BCUT2D eigenvalue weighted by molar-refractivity contribution is 5.96. The van der Waals surface area contributed by atoms with E-state index < -0.39 is 22.6 Å². The van der Waals surface area contributed by atoms with Crippen LogP contribution < -0.4 is 5.32 Å². The van der Waals surface area contributed by atoms with Crippen molar-refractivity contribution >= 4 is 23.4 Å². The van der Waals surface area contributed by atoms with Crippen LogP contribution in [0.2, 0.25) is 0 Å². The number of anilines is 1. The number of hydrogen-bond donors (Lipinski definition) is 1. The molecule has 27 heavy (non-hydrogen) atoms. The fourth-order valence-corrected chi connectivity index (χ4v) is 2.86. The molecule has 1 aromatic carbocycles. The van der Waals surface area contributed by atoms with E-state index in [0.29, 0.717) is 18.8 Å². The van der Waals surface area contributed by atoms with Crippen molar-refractivity contribution in [2.75, 3.05) is 25.5 Å². The first-order chi connectivity index (χ1) is 12.6. The van der Waals surface area contributed by atoms with Gasteiger partial charge in [-0.25, -0.2) is 9.59 Å². The number of ether oxygens (including phenoxy) is 2. The van der Waals surface area contributed by atoms with Crippen molar-refractivity contribution in [3.8, 4) is 0 Å². The monoisotopic (exact) mass is 379 g/mol. The predicted molar refractivity (Wildman–Crippen MR) is 98.9 cm³/mol. The van der Waals surface area contributed by atoms with Crippen molar-refractivity contribution in [3.63, 3.8) is 0 Å². The van der Waals surface area contributed by atoms with Crippen LogP contribution in [0.15, 0.2) is 18.2 Å². The van der Waals surface area contributed by atoms with Gasteiger partial charge in [0.1, 0.15) is 5.60 Å². The summed E-state index contributed by atoms with van der Waals surface area (Å²) in [4.78, 5) is 36.4. The number of piperidine rings is 1. The molecule has 1 unspecified atom stereocenters. The summed E-state index contributed by atoms with van der Waals surface area (Å²) in [6.07, 6.45) is 1.10. The number of rotatable bonds is 4. The summed E-state index contributed by atoms with van der Waals surface area (Å²) in [5.74, 6) is -0.591. The van der Waals surface area contributed by atoms with Crippen molar-refractivity contribution in [2.24, 2.45) is 0 Å². The molecule has 0 saturated carbocycles. The van der Waals surface area contributed by atoms with Crippen molar-refractivity contribution < 1.29 is 24.0 Å². The standard InChI is InChI=1S/C18H25N3O6/c1-18(2,3)27-17(23)20-9-5-6-12(11-20)19-15-10-13(21(24)25)7-8-14(15)16(22)26-4/h7-8,10,12,19H,5-6,9,11H2,1-4H3. The number of nitro groups is 1. The van der Waals surface area contributed by atoms with Gasteiger partial charge in [0.15, 0.2) is 0 Å². The van der Waals surface area contributed by atoms with Crippen LogP contribution in [0.5, 0.6) is 0 Å². The van der Waals surface area contributed by atoms with E-state index in [1.54, 1.807) is 25.7 Å². The van der Waals surface area contributed by atoms with Crippen LogP contribution in [-0.4, -0.2) is 53.7 Å². The maximum atomic E-state index is 12.3. The van der Waals surface area contributed by atoms with Crippen LogP contribution in [0.1, 0.15) is 44.0 Å². The number of nitro benzene ring substituents is 1. The topological polar surface area (TPSA) is 111 Å². The van der Waals surface area contributed by atoms with E-state index in [2.05, 4.69) is 5.32 Å². The zero-order valence-corrected chi connectivity index (χ0v) is 16.0. The summed E-state index contributed by atoms with van der Waals surface area (Å²) in [6, 6.07) is 3.75. The molecule has 1 heterocycles. The molecular weight excluding hydrogens is 354 g/mol. The number of nitrogens with zero attached hydrogens (tertiary/aromatic N) is 2. The maximum Gasteiger partial charge on any atom is 0.410 e. The van der Waals surface area contributed by atoms with Gasteiger partial charge >= 0.3 is 12.1 Å². The molecular formula is C18H25N3O6. The first-order valence-corrected chi connectivity index (χ1v) is 8.72. The van der Waals surface area contributed by atoms with E-state index in [9.17, 15) is 19.7 Å². The Morgan fingerprint density at radius 2 is 2.04 bits per heavy atom. The average Bonchev–Trinajstić information content (AvgIpc) is 2.59. The number of nitrogens with one attached hydrogen (secondary N) is 1. The molecule has 148 valence electrons. The number of esters is 1. The van der Waals surface area contributed by atoms with Crippen LogP contribution in [0.4, 0.5) is 16.2 Å². The summed E-state index contributed by atoms with van der Waals surface area (Å²) in [6.45, 7) is 6.35. The third-order valence-electron chi connectivity index (χ3n) is 4.05. The molecule has 0 aromatic heterocycles. The zero-order valence-electron chi connectivity index (χ0n) is 16.0. The summed E-state index contributed by atoms with van der Waals surface area (Å²) in [5.41, 5.74) is -0.204. The minimum atomic E-state index is -0.591. The van der Waals surface area contributed by atoms with E-state index >= 15 is 0 Å². The van der Waals surface area contributed by atoms with E-state index in [0.717, 1.165) is 12.8 Å². The van der Waals surface area contributed by atoms with Crippen molar-refractivity contribution in [3.05, 3.63) is 33.9 Å². The zero-order chi connectivity index (χ0) is 20.2. The first kappa shape index (κ1) is 20.5. The molecule has 0 spiro atoms. The van der Waals surface area contributed by atoms with E-state index in [4.69, 9.17) is 9.47 Å². The predicted octanol–water partition coefficient (Wildman–Crippen LogP) is 3.19. The molecule has 1 aliphatic rings. The Balaban J connectivity index is 2.17. The molecule has 0 radical (unpaired) electrons. The number of carbonyl (C=O) groups excluding carboxylic acids is 2. The smallest absolute Gasteiger partial charge is 0.410 e. The Hall–Kier alpha value is -2.84. The lowest BCUT2D eigenvalue weighted by atomic mass is 10.0. The number of likely N-dealkylation sites (tertiary alicyclic amines) is 1. The summed E-state index contributed by atoms with van der Waals surface area (Å²) < 4.78 is 10.1. The highest BCUT2D eigenvalue weighted by Crippen LogP contribution is 2.26. The fraction of sp³-hybridized carbons (Fsp3) is 0.556. The molecule has 1 amide bonds. The molecule has 2 rings (SSSR count). The van der Waals surface area contributed by atoms with Gasteiger partial charge in [0.05, 0.1) is 23.3 Å². The Morgan fingerprint density at radius 1 is 1.33 bits per heavy atom. The molecule has 1 atom stereocenters. The van der Waals surface area contributed by atoms with Crippen LogP contribution in [-0.2, 0) is 9.47 Å². The third kappa shape index (κ3) is 5.57. The lowest BCUT2D eigenvalue weighted by Crippen LogP contribution is -2.47. The Labute approximate surface area is 157 Å². The van der Waals surface area contributed by atoms with Gasteiger partial charge in [0, 0.05) is 31.3 Å². The molecule has 9 heteroatoms. The minimum Gasteiger partial charge on any atom is -0.465 e. The van der Waals surface area contributed by atoms with E-state index in [-0.39, 0.29) is 17.3 Å². The summed E-state index contributed by atoms with van der Waals surface area (Å²) >= 11 is 0. The van der Waals surface area contributed by atoms with Crippen LogP contribution in [0.3, 0.4) is 0 Å². The lowest BCUT2D eigenvalue weighted by Gasteiger charge is -2.35. The fourth-order valence-electron chi connectivity index (χ4n) is 2.86. The number of benzene rings is 1. The SMILES string of the molecule is COC(=O)c1ccc([N+](=O)[O-])cc1NC1CCCN(C(=O)OC(C)(C)C)C1. The van der Waals surface area contributed by atoms with Crippen LogP contribution in [0.25, 0.3) is 0 Å². The van der Waals surface area contributed by atoms with E-state index in [1.165, 1.54) is 25.3 Å². The van der Waals surface area contributed by atoms with Gasteiger partial charge in [0.2, 0.25) is 0 Å². The molecule has 0 bridgehead atoms. The largest absolute Gasteiger partial charge is 0.465 e. The molecule has 1 fully saturated rings. The quantitative estimate of drug-likeness (QED) is 0.486. The minimum absolute atomic E-state index is 0.134. The van der Waals surface area contributed by atoms with Gasteiger partial charge in [0.25, 0.3) is 5.69 Å². The highest BCUT2D eigenvalue weighted by Gasteiger charge is 2.28. The van der Waals surface area contributed by atoms with Crippen molar-refractivity contribution in [1.82, 2.24) is 4.90 Å².